The van der Waals surface area contributed by atoms with E-state index >= 15 is 0 Å². The van der Waals surface area contributed by atoms with Crippen molar-refractivity contribution in [2.75, 3.05) is 0 Å². The predicted octanol–water partition coefficient (Wildman–Crippen LogP) is -0.281. The van der Waals surface area contributed by atoms with Crippen LogP contribution >= 0.6 is 11.5 Å². The van der Waals surface area contributed by atoms with Gasteiger partial charge < -0.3 is 9.88 Å². The van der Waals surface area contributed by atoms with Crippen molar-refractivity contribution < 1.29 is 4.79 Å². The Morgan fingerprint density at radius 3 is 2.85 bits per heavy atom. The van der Waals surface area contributed by atoms with Crippen LogP contribution in [-0.2, 0) is 6.54 Å². The topological polar surface area (TPSA) is 112 Å². The monoisotopic (exact) mass is 293 g/mol. The summed E-state index contributed by atoms with van der Waals surface area (Å²) in [6.07, 6.45) is 3.15. The average Bonchev–Trinajstić information content (AvgIpc) is 3.11. The summed E-state index contributed by atoms with van der Waals surface area (Å²) in [4.78, 5) is 41.1. The van der Waals surface area contributed by atoms with Gasteiger partial charge in [0.15, 0.2) is 5.69 Å². The van der Waals surface area contributed by atoms with E-state index in [4.69, 9.17) is 0 Å². The number of nitrogens with one attached hydrogen (secondary N) is 2. The van der Waals surface area contributed by atoms with Gasteiger partial charge in [-0.2, -0.15) is 0 Å². The molecule has 2 aromatic rings. The van der Waals surface area contributed by atoms with Crippen molar-refractivity contribution in [2.24, 2.45) is 0 Å². The Hall–Kier alpha value is -2.29. The molecule has 0 aliphatic heterocycles. The largest absolute Gasteiger partial charge is 0.330 e. The summed E-state index contributed by atoms with van der Waals surface area (Å²) < 4.78 is 3.67. The second-order valence-electron chi connectivity index (χ2n) is 4.55. The number of aromatic nitrogens is 4. The van der Waals surface area contributed by atoms with Gasteiger partial charge in [0.05, 0.1) is 12.1 Å². The molecule has 0 unspecified atom stereocenters. The number of nitrogens with zero attached hydrogens (tertiary/aromatic N) is 3. The van der Waals surface area contributed by atoms with Gasteiger partial charge in [-0.3, -0.25) is 14.6 Å². The molecule has 20 heavy (non-hydrogen) atoms. The van der Waals surface area contributed by atoms with Crippen LogP contribution in [0, 0.1) is 0 Å². The Morgan fingerprint density at radius 2 is 2.25 bits per heavy atom. The molecule has 1 aliphatic rings. The lowest BCUT2D eigenvalue weighted by Crippen LogP contribution is -2.36. The van der Waals surface area contributed by atoms with Crippen molar-refractivity contribution in [3.63, 3.8) is 0 Å². The molecule has 2 N–H and O–H groups in total. The molecule has 1 saturated carbocycles. The van der Waals surface area contributed by atoms with Crippen LogP contribution in [0.4, 0.5) is 0 Å². The van der Waals surface area contributed by atoms with Gasteiger partial charge >= 0.3 is 5.69 Å². The van der Waals surface area contributed by atoms with Crippen LogP contribution in [0.5, 0.6) is 0 Å². The molecule has 8 nitrogen and oxygen atoms in total. The van der Waals surface area contributed by atoms with Crippen LogP contribution in [0.15, 0.2) is 21.2 Å². The summed E-state index contributed by atoms with van der Waals surface area (Å²) in [6.45, 7) is 0.146. The first kappa shape index (κ1) is 12.7. The Morgan fingerprint density at radius 1 is 1.45 bits per heavy atom. The molecule has 0 spiro atoms. The maximum Gasteiger partial charge on any atom is 0.325 e. The molecule has 0 bridgehead atoms. The number of carbonyl (C=O) groups excluding carboxylic acids is 1. The Labute approximate surface area is 116 Å². The number of aromatic amines is 2. The van der Waals surface area contributed by atoms with Gasteiger partial charge in [-0.25, -0.2) is 4.79 Å². The average molecular weight is 293 g/mol. The van der Waals surface area contributed by atoms with Gasteiger partial charge in [-0.1, -0.05) is 4.49 Å². The van der Waals surface area contributed by atoms with Gasteiger partial charge in [-0.05, 0) is 24.4 Å². The molecule has 9 heteroatoms. The van der Waals surface area contributed by atoms with Crippen molar-refractivity contribution in [1.82, 2.24) is 24.5 Å². The summed E-state index contributed by atoms with van der Waals surface area (Å²) in [5, 5.41) is 5.34. The SMILES string of the molecule is O=C(c1csnn1)N(Cc1c[nH]c(=O)[nH]c1=O)C1CC1. The van der Waals surface area contributed by atoms with Crippen LogP contribution in [-0.4, -0.2) is 36.4 Å². The molecule has 0 radical (unpaired) electrons. The highest BCUT2D eigenvalue weighted by atomic mass is 32.1. The second kappa shape index (κ2) is 5.00. The minimum absolute atomic E-state index is 0.121. The van der Waals surface area contributed by atoms with E-state index in [0.29, 0.717) is 5.56 Å². The standard InChI is InChI=1S/C11H11N5O3S/c17-9-6(3-12-11(19)13-9)4-16(7-1-2-7)10(18)8-5-20-15-14-8/h3,5,7H,1-2,4H2,(H2,12,13,17,19). The maximum atomic E-state index is 12.3. The number of hydrogen-bond donors (Lipinski definition) is 2. The van der Waals surface area contributed by atoms with E-state index < -0.39 is 11.2 Å². The van der Waals surface area contributed by atoms with Crippen LogP contribution < -0.4 is 11.2 Å². The van der Waals surface area contributed by atoms with Crippen molar-refractivity contribution in [3.05, 3.63) is 43.7 Å². The van der Waals surface area contributed by atoms with E-state index in [1.54, 1.807) is 10.3 Å². The fourth-order valence-corrected chi connectivity index (χ4v) is 2.33. The van der Waals surface area contributed by atoms with E-state index in [2.05, 4.69) is 19.6 Å². The number of amides is 1. The molecule has 2 heterocycles. The van der Waals surface area contributed by atoms with E-state index in [1.165, 1.54) is 6.20 Å². The highest BCUT2D eigenvalue weighted by Gasteiger charge is 2.34. The van der Waals surface area contributed by atoms with Gasteiger partial charge in [0.25, 0.3) is 11.5 Å². The molecule has 1 aliphatic carbocycles. The van der Waals surface area contributed by atoms with Gasteiger partial charge in [0.2, 0.25) is 0 Å². The lowest BCUT2D eigenvalue weighted by atomic mass is 10.2. The summed E-state index contributed by atoms with van der Waals surface area (Å²) in [6, 6.07) is 0.121. The Balaban J connectivity index is 1.86. The van der Waals surface area contributed by atoms with Crippen molar-refractivity contribution >= 4 is 17.4 Å². The first-order chi connectivity index (χ1) is 9.65. The Bertz CT molecular complexity index is 731. The maximum absolute atomic E-state index is 12.3. The lowest BCUT2D eigenvalue weighted by molar-refractivity contribution is 0.0723. The quantitative estimate of drug-likeness (QED) is 0.805. The first-order valence-electron chi connectivity index (χ1n) is 6.04. The fourth-order valence-electron chi connectivity index (χ4n) is 1.90. The van der Waals surface area contributed by atoms with Gasteiger partial charge in [0.1, 0.15) is 0 Å². The molecule has 1 fully saturated rings. The number of carbonyl (C=O) groups is 1. The zero-order chi connectivity index (χ0) is 14.1. The molecule has 1 amide bonds. The highest BCUT2D eigenvalue weighted by molar-refractivity contribution is 7.03. The highest BCUT2D eigenvalue weighted by Crippen LogP contribution is 2.29. The third kappa shape index (κ3) is 2.52. The van der Waals surface area contributed by atoms with Crippen molar-refractivity contribution in [1.29, 1.82) is 0 Å². The van der Waals surface area contributed by atoms with E-state index in [-0.39, 0.29) is 24.2 Å². The van der Waals surface area contributed by atoms with Crippen LogP contribution in [0.3, 0.4) is 0 Å². The minimum atomic E-state index is -0.563. The molecular formula is C11H11N5O3S. The van der Waals surface area contributed by atoms with Gasteiger partial charge in [-0.15, -0.1) is 5.10 Å². The van der Waals surface area contributed by atoms with E-state index in [0.717, 1.165) is 24.4 Å². The van der Waals surface area contributed by atoms with Crippen LogP contribution in [0.1, 0.15) is 28.9 Å². The number of H-pyrrole nitrogens is 2. The molecule has 3 rings (SSSR count). The summed E-state index contributed by atoms with van der Waals surface area (Å²) in [7, 11) is 0. The van der Waals surface area contributed by atoms with Crippen LogP contribution in [0.2, 0.25) is 0 Å². The third-order valence-electron chi connectivity index (χ3n) is 3.06. The third-order valence-corrected chi connectivity index (χ3v) is 3.57. The predicted molar refractivity (Wildman–Crippen MR) is 70.5 cm³/mol. The number of rotatable bonds is 4. The van der Waals surface area contributed by atoms with Crippen LogP contribution in [0.25, 0.3) is 0 Å². The summed E-state index contributed by atoms with van der Waals surface area (Å²) in [5.74, 6) is -0.244. The lowest BCUT2D eigenvalue weighted by Gasteiger charge is -2.20. The molecule has 0 saturated heterocycles. The molecular weight excluding hydrogens is 282 g/mol. The van der Waals surface area contributed by atoms with Gasteiger partial charge in [0, 0.05) is 17.6 Å². The molecule has 0 aromatic carbocycles. The summed E-state index contributed by atoms with van der Waals surface area (Å²) >= 11 is 1.10. The van der Waals surface area contributed by atoms with Crippen molar-refractivity contribution in [2.45, 2.75) is 25.4 Å². The molecule has 104 valence electrons. The number of hydrogen-bond acceptors (Lipinski definition) is 6. The smallest absolute Gasteiger partial charge is 0.325 e. The Kier molecular flexibility index (Phi) is 3.18. The summed E-state index contributed by atoms with van der Waals surface area (Å²) in [5.41, 5.74) is -0.425. The molecule has 2 aromatic heterocycles. The minimum Gasteiger partial charge on any atom is -0.330 e. The fraction of sp³-hybridized carbons (Fsp3) is 0.364. The zero-order valence-electron chi connectivity index (χ0n) is 10.3. The normalized spacial score (nSPS) is 14.2. The van der Waals surface area contributed by atoms with E-state index in [9.17, 15) is 14.4 Å². The van der Waals surface area contributed by atoms with E-state index in [1.807, 2.05) is 0 Å². The zero-order valence-corrected chi connectivity index (χ0v) is 11.1. The second-order valence-corrected chi connectivity index (χ2v) is 5.16. The first-order valence-corrected chi connectivity index (χ1v) is 6.87. The van der Waals surface area contributed by atoms with Crippen molar-refractivity contribution in [3.8, 4) is 0 Å². The molecule has 0 atom stereocenters.